The smallest absolute Gasteiger partial charge is 0.0911 e. The molecule has 2 N–H and O–H groups in total. The Bertz CT molecular complexity index is 187. The van der Waals surface area contributed by atoms with Crippen molar-refractivity contribution in [1.82, 2.24) is 10.4 Å². The summed E-state index contributed by atoms with van der Waals surface area (Å²) >= 11 is 0. The van der Waals surface area contributed by atoms with Gasteiger partial charge in [-0.2, -0.15) is 0 Å². The number of nitrogens with one attached hydrogen (secondary N) is 1. The largest absolute Gasteiger partial charge is 0.389 e. The first-order valence-corrected chi connectivity index (χ1v) is 7.15. The van der Waals surface area contributed by atoms with Gasteiger partial charge in [0.2, 0.25) is 0 Å². The number of aliphatic hydroxyl groups is 1. The van der Waals surface area contributed by atoms with Crippen molar-refractivity contribution in [1.29, 1.82) is 0 Å². The number of hydrazine groups is 1. The second-order valence-electron chi connectivity index (χ2n) is 4.75. The van der Waals surface area contributed by atoms with E-state index >= 15 is 0 Å². The quantitative estimate of drug-likeness (QED) is 0.569. The van der Waals surface area contributed by atoms with Crippen LogP contribution < -0.4 is 5.43 Å². The first-order valence-electron chi connectivity index (χ1n) is 7.15. The van der Waals surface area contributed by atoms with E-state index in [1.807, 2.05) is 0 Å². The highest BCUT2D eigenvalue weighted by atomic mass is 16.5. The molecule has 1 rings (SSSR count). The Kier molecular flexibility index (Phi) is 9.42. The molecule has 1 atom stereocenters. The SMILES string of the molecule is CCCCCCOCC(O)CNN1CCOCC1. The van der Waals surface area contributed by atoms with E-state index < -0.39 is 6.10 Å². The van der Waals surface area contributed by atoms with Gasteiger partial charge in [-0.25, -0.2) is 5.01 Å². The van der Waals surface area contributed by atoms with E-state index in [-0.39, 0.29) is 0 Å². The molecule has 0 bridgehead atoms. The highest BCUT2D eigenvalue weighted by molar-refractivity contribution is 4.61. The lowest BCUT2D eigenvalue weighted by Gasteiger charge is -2.28. The maximum absolute atomic E-state index is 9.74. The topological polar surface area (TPSA) is 54.0 Å². The van der Waals surface area contributed by atoms with Crippen molar-refractivity contribution in [2.45, 2.75) is 38.7 Å². The van der Waals surface area contributed by atoms with Crippen molar-refractivity contribution in [3.63, 3.8) is 0 Å². The zero-order valence-electron chi connectivity index (χ0n) is 11.6. The standard InChI is InChI=1S/C13H28N2O3/c1-2-3-4-5-8-18-12-13(16)11-14-15-6-9-17-10-7-15/h13-14,16H,2-12H2,1H3. The summed E-state index contributed by atoms with van der Waals surface area (Å²) in [6, 6.07) is 0. The zero-order chi connectivity index (χ0) is 13.1. The summed E-state index contributed by atoms with van der Waals surface area (Å²) in [5.74, 6) is 0. The van der Waals surface area contributed by atoms with Crippen LogP contribution in [0.3, 0.4) is 0 Å². The molecule has 5 heteroatoms. The Labute approximate surface area is 110 Å². The molecule has 0 aromatic heterocycles. The minimum absolute atomic E-state index is 0.420. The molecule has 1 fully saturated rings. The van der Waals surface area contributed by atoms with E-state index in [1.165, 1.54) is 19.3 Å². The van der Waals surface area contributed by atoms with E-state index in [4.69, 9.17) is 9.47 Å². The monoisotopic (exact) mass is 260 g/mol. The summed E-state index contributed by atoms with van der Waals surface area (Å²) in [5.41, 5.74) is 3.21. The normalized spacial score (nSPS) is 19.0. The highest BCUT2D eigenvalue weighted by Gasteiger charge is 2.11. The molecule has 1 aliphatic rings. The number of rotatable bonds is 10. The molecule has 0 aromatic rings. The third-order valence-corrected chi connectivity index (χ3v) is 3.01. The van der Waals surface area contributed by atoms with Crippen LogP contribution in [0.1, 0.15) is 32.6 Å². The van der Waals surface area contributed by atoms with Gasteiger partial charge in [0.05, 0.1) is 25.9 Å². The summed E-state index contributed by atoms with van der Waals surface area (Å²) in [5, 5.41) is 11.8. The van der Waals surface area contributed by atoms with Crippen molar-refractivity contribution >= 4 is 0 Å². The van der Waals surface area contributed by atoms with Crippen molar-refractivity contribution in [3.8, 4) is 0 Å². The lowest BCUT2D eigenvalue weighted by Crippen LogP contribution is -2.48. The van der Waals surface area contributed by atoms with Crippen molar-refractivity contribution < 1.29 is 14.6 Å². The Morgan fingerprint density at radius 3 is 2.78 bits per heavy atom. The van der Waals surface area contributed by atoms with Crippen molar-refractivity contribution in [3.05, 3.63) is 0 Å². The predicted molar refractivity (Wildman–Crippen MR) is 71.4 cm³/mol. The van der Waals surface area contributed by atoms with Crippen molar-refractivity contribution in [2.75, 3.05) is 46.1 Å². The van der Waals surface area contributed by atoms with E-state index in [0.717, 1.165) is 39.3 Å². The molecular weight excluding hydrogens is 232 g/mol. The number of hydrogen-bond acceptors (Lipinski definition) is 5. The summed E-state index contributed by atoms with van der Waals surface area (Å²) in [7, 11) is 0. The molecule has 1 heterocycles. The zero-order valence-corrected chi connectivity index (χ0v) is 11.6. The van der Waals surface area contributed by atoms with Crippen LogP contribution in [0.25, 0.3) is 0 Å². The summed E-state index contributed by atoms with van der Waals surface area (Å²) in [4.78, 5) is 0. The molecule has 1 unspecified atom stereocenters. The number of ether oxygens (including phenoxy) is 2. The molecule has 0 radical (unpaired) electrons. The molecular formula is C13H28N2O3. The fourth-order valence-corrected chi connectivity index (χ4v) is 1.87. The van der Waals surface area contributed by atoms with Gasteiger partial charge in [-0.1, -0.05) is 26.2 Å². The molecule has 0 aromatic carbocycles. The van der Waals surface area contributed by atoms with Gasteiger partial charge in [-0.3, -0.25) is 5.43 Å². The van der Waals surface area contributed by atoms with Crippen LogP contribution in [0, 0.1) is 0 Å². The van der Waals surface area contributed by atoms with Gasteiger partial charge in [-0.15, -0.1) is 0 Å². The first kappa shape index (κ1) is 15.9. The van der Waals surface area contributed by atoms with Crippen LogP contribution in [0.2, 0.25) is 0 Å². The van der Waals surface area contributed by atoms with Crippen LogP contribution in [-0.2, 0) is 9.47 Å². The van der Waals surface area contributed by atoms with Crippen molar-refractivity contribution in [2.24, 2.45) is 0 Å². The van der Waals surface area contributed by atoms with Gasteiger partial charge in [-0.05, 0) is 6.42 Å². The molecule has 0 aliphatic carbocycles. The van der Waals surface area contributed by atoms with Gasteiger partial charge >= 0.3 is 0 Å². The first-order chi connectivity index (χ1) is 8.83. The minimum atomic E-state index is -0.431. The summed E-state index contributed by atoms with van der Waals surface area (Å²) < 4.78 is 10.7. The average molecular weight is 260 g/mol. The third kappa shape index (κ3) is 8.00. The number of aliphatic hydroxyl groups excluding tert-OH is 1. The molecule has 0 amide bonds. The number of hydrogen-bond donors (Lipinski definition) is 2. The molecule has 5 nitrogen and oxygen atoms in total. The predicted octanol–water partition coefficient (Wildman–Crippen LogP) is 0.781. The summed E-state index contributed by atoms with van der Waals surface area (Å²) in [6.07, 6.45) is 4.39. The van der Waals surface area contributed by atoms with E-state index in [1.54, 1.807) is 0 Å². The van der Waals surface area contributed by atoms with Crippen LogP contribution in [0.4, 0.5) is 0 Å². The van der Waals surface area contributed by atoms with Gasteiger partial charge in [0, 0.05) is 26.2 Å². The van der Waals surface area contributed by atoms with Crippen LogP contribution >= 0.6 is 0 Å². The van der Waals surface area contributed by atoms with Crippen LogP contribution in [0.15, 0.2) is 0 Å². The molecule has 1 aliphatic heterocycles. The highest BCUT2D eigenvalue weighted by Crippen LogP contribution is 1.99. The van der Waals surface area contributed by atoms with Crippen LogP contribution in [0.5, 0.6) is 0 Å². The maximum Gasteiger partial charge on any atom is 0.0911 e. The molecule has 108 valence electrons. The fraction of sp³-hybridized carbons (Fsp3) is 1.00. The van der Waals surface area contributed by atoms with Gasteiger partial charge in [0.1, 0.15) is 0 Å². The summed E-state index contributed by atoms with van der Waals surface area (Å²) in [6.45, 7) is 7.21. The number of unbranched alkanes of at least 4 members (excludes halogenated alkanes) is 3. The second-order valence-corrected chi connectivity index (χ2v) is 4.75. The Balaban J connectivity index is 1.88. The molecule has 18 heavy (non-hydrogen) atoms. The Morgan fingerprint density at radius 2 is 2.06 bits per heavy atom. The lowest BCUT2D eigenvalue weighted by molar-refractivity contribution is -0.0110. The Morgan fingerprint density at radius 1 is 1.28 bits per heavy atom. The second kappa shape index (κ2) is 10.7. The molecule has 0 saturated carbocycles. The Hall–Kier alpha value is -0.200. The van der Waals surface area contributed by atoms with E-state index in [0.29, 0.717) is 13.2 Å². The maximum atomic E-state index is 9.74. The average Bonchev–Trinajstić information content (AvgIpc) is 2.41. The van der Waals surface area contributed by atoms with Gasteiger partial charge in [0.25, 0.3) is 0 Å². The fourth-order valence-electron chi connectivity index (χ4n) is 1.87. The number of nitrogens with zero attached hydrogens (tertiary/aromatic N) is 1. The van der Waals surface area contributed by atoms with Gasteiger partial charge < -0.3 is 14.6 Å². The molecule has 0 spiro atoms. The third-order valence-electron chi connectivity index (χ3n) is 3.01. The molecule has 1 saturated heterocycles. The van der Waals surface area contributed by atoms with E-state index in [2.05, 4.69) is 17.4 Å². The number of morpholine rings is 1. The van der Waals surface area contributed by atoms with Crippen LogP contribution in [-0.4, -0.2) is 62.3 Å². The minimum Gasteiger partial charge on any atom is -0.389 e. The van der Waals surface area contributed by atoms with E-state index in [9.17, 15) is 5.11 Å². The lowest BCUT2D eigenvalue weighted by atomic mass is 10.2. The van der Waals surface area contributed by atoms with Gasteiger partial charge in [0.15, 0.2) is 0 Å².